The van der Waals surface area contributed by atoms with Crippen molar-refractivity contribution in [1.29, 1.82) is 0 Å². The van der Waals surface area contributed by atoms with Gasteiger partial charge in [0.1, 0.15) is 5.69 Å². The SMILES string of the molecule is C=CCn1c(C)cc(-c2csc(NC(=O)c3cc(C(C)=O)c[nH]3)n2)c1C. The number of carbonyl (C=O) groups is 2. The van der Waals surface area contributed by atoms with Gasteiger partial charge in [0.05, 0.1) is 5.69 Å². The van der Waals surface area contributed by atoms with Gasteiger partial charge < -0.3 is 9.55 Å². The van der Waals surface area contributed by atoms with Crippen LogP contribution in [0, 0.1) is 13.8 Å². The largest absolute Gasteiger partial charge is 0.356 e. The van der Waals surface area contributed by atoms with Crippen LogP contribution in [0.25, 0.3) is 11.3 Å². The Morgan fingerprint density at radius 3 is 2.81 bits per heavy atom. The van der Waals surface area contributed by atoms with Gasteiger partial charge in [-0.2, -0.15) is 0 Å². The Hall–Kier alpha value is -2.93. The summed E-state index contributed by atoms with van der Waals surface area (Å²) in [4.78, 5) is 31.0. The van der Waals surface area contributed by atoms with Gasteiger partial charge >= 0.3 is 0 Å². The minimum atomic E-state index is -0.324. The van der Waals surface area contributed by atoms with Crippen LogP contribution < -0.4 is 5.32 Å². The standard InChI is InChI=1S/C19H20N4O2S/c1-5-6-23-11(2)7-15(12(23)3)17-10-26-19(21-17)22-18(25)16-8-14(9-20-16)13(4)24/h5,7-10,20H,1,6H2,2-4H3,(H,21,22,25). The molecule has 0 aliphatic rings. The number of amides is 1. The summed E-state index contributed by atoms with van der Waals surface area (Å²) < 4.78 is 2.17. The lowest BCUT2D eigenvalue weighted by molar-refractivity contribution is 0.101. The number of anilines is 1. The van der Waals surface area contributed by atoms with Crippen LogP contribution in [-0.2, 0) is 6.54 Å². The highest BCUT2D eigenvalue weighted by atomic mass is 32.1. The molecule has 0 saturated carbocycles. The van der Waals surface area contributed by atoms with E-state index in [-0.39, 0.29) is 11.7 Å². The minimum Gasteiger partial charge on any atom is -0.356 e. The van der Waals surface area contributed by atoms with E-state index in [2.05, 4.69) is 32.5 Å². The van der Waals surface area contributed by atoms with Gasteiger partial charge in [-0.05, 0) is 32.9 Å². The van der Waals surface area contributed by atoms with Gasteiger partial charge in [0.25, 0.3) is 5.91 Å². The number of ketones is 1. The molecule has 0 aliphatic heterocycles. The first kappa shape index (κ1) is 17.9. The molecule has 26 heavy (non-hydrogen) atoms. The third kappa shape index (κ3) is 3.39. The van der Waals surface area contributed by atoms with Gasteiger partial charge in [-0.1, -0.05) is 6.08 Å². The number of allylic oxidation sites excluding steroid dienone is 1. The quantitative estimate of drug-likeness (QED) is 0.505. The maximum atomic E-state index is 12.3. The zero-order chi connectivity index (χ0) is 18.8. The van der Waals surface area contributed by atoms with E-state index in [1.54, 1.807) is 0 Å². The molecule has 1 amide bonds. The van der Waals surface area contributed by atoms with E-state index in [1.165, 1.54) is 30.5 Å². The number of Topliss-reactive ketones (excluding diaryl/α,β-unsaturated/α-hetero) is 1. The van der Waals surface area contributed by atoms with Crippen LogP contribution in [0.1, 0.15) is 39.2 Å². The van der Waals surface area contributed by atoms with Crippen molar-refractivity contribution < 1.29 is 9.59 Å². The third-order valence-corrected chi connectivity index (χ3v) is 4.98. The molecule has 7 heteroatoms. The smallest absolute Gasteiger partial charge is 0.273 e. The molecule has 0 aromatic carbocycles. The van der Waals surface area contributed by atoms with E-state index >= 15 is 0 Å². The van der Waals surface area contributed by atoms with E-state index in [0.29, 0.717) is 16.4 Å². The van der Waals surface area contributed by atoms with Crippen molar-refractivity contribution in [1.82, 2.24) is 14.5 Å². The summed E-state index contributed by atoms with van der Waals surface area (Å²) in [6.45, 7) is 10.1. The summed E-state index contributed by atoms with van der Waals surface area (Å²) in [5.41, 5.74) is 4.92. The predicted octanol–water partition coefficient (Wildman–Crippen LogP) is 4.20. The van der Waals surface area contributed by atoms with E-state index in [4.69, 9.17) is 0 Å². The van der Waals surface area contributed by atoms with E-state index < -0.39 is 0 Å². The second-order valence-corrected chi connectivity index (χ2v) is 6.89. The topological polar surface area (TPSA) is 79.8 Å². The van der Waals surface area contributed by atoms with Crippen molar-refractivity contribution in [2.45, 2.75) is 27.3 Å². The maximum Gasteiger partial charge on any atom is 0.273 e. The molecule has 134 valence electrons. The third-order valence-electron chi connectivity index (χ3n) is 4.22. The molecule has 2 N–H and O–H groups in total. The number of H-pyrrole nitrogens is 1. The lowest BCUT2D eigenvalue weighted by atomic mass is 10.2. The number of nitrogens with zero attached hydrogens (tertiary/aromatic N) is 2. The second-order valence-electron chi connectivity index (χ2n) is 6.03. The molecule has 6 nitrogen and oxygen atoms in total. The van der Waals surface area contributed by atoms with Crippen LogP contribution in [0.3, 0.4) is 0 Å². The number of hydrogen-bond acceptors (Lipinski definition) is 4. The molecular formula is C19H20N4O2S. The maximum absolute atomic E-state index is 12.3. The molecule has 0 bridgehead atoms. The molecule has 0 atom stereocenters. The number of aromatic nitrogens is 3. The average molecular weight is 368 g/mol. The average Bonchev–Trinajstić information content (AvgIpc) is 3.30. The van der Waals surface area contributed by atoms with Gasteiger partial charge in [-0.3, -0.25) is 14.9 Å². The lowest BCUT2D eigenvalue weighted by Crippen LogP contribution is -2.12. The van der Waals surface area contributed by atoms with Crippen molar-refractivity contribution in [2.75, 3.05) is 5.32 Å². The number of rotatable bonds is 6. The Kier molecular flexibility index (Phi) is 4.90. The number of thiazole rings is 1. The molecule has 0 unspecified atom stereocenters. The number of hydrogen-bond donors (Lipinski definition) is 2. The summed E-state index contributed by atoms with van der Waals surface area (Å²) in [7, 11) is 0. The monoisotopic (exact) mass is 368 g/mol. The zero-order valence-electron chi connectivity index (χ0n) is 14.9. The van der Waals surface area contributed by atoms with Crippen LogP contribution in [0.5, 0.6) is 0 Å². The second kappa shape index (κ2) is 7.13. The van der Waals surface area contributed by atoms with Gasteiger partial charge in [0, 0.05) is 40.6 Å². The fraction of sp³-hybridized carbons (Fsp3) is 0.211. The first-order chi connectivity index (χ1) is 12.4. The minimum absolute atomic E-state index is 0.0910. The molecule has 0 aliphatic carbocycles. The fourth-order valence-corrected chi connectivity index (χ4v) is 3.52. The first-order valence-electron chi connectivity index (χ1n) is 8.15. The van der Waals surface area contributed by atoms with Gasteiger partial charge in [-0.15, -0.1) is 17.9 Å². The molecular weight excluding hydrogens is 348 g/mol. The van der Waals surface area contributed by atoms with E-state index in [9.17, 15) is 9.59 Å². The van der Waals surface area contributed by atoms with Crippen LogP contribution in [0.4, 0.5) is 5.13 Å². The van der Waals surface area contributed by atoms with Crippen molar-refractivity contribution in [3.63, 3.8) is 0 Å². The number of carbonyl (C=O) groups excluding carboxylic acids is 2. The number of nitrogens with one attached hydrogen (secondary N) is 2. The highest BCUT2D eigenvalue weighted by Crippen LogP contribution is 2.30. The van der Waals surface area contributed by atoms with Crippen LogP contribution in [0.15, 0.2) is 36.4 Å². The molecule has 3 aromatic rings. The molecule has 3 rings (SSSR count). The Morgan fingerprint density at radius 2 is 2.15 bits per heavy atom. The summed E-state index contributed by atoms with van der Waals surface area (Å²) in [5.74, 6) is -0.415. The first-order valence-corrected chi connectivity index (χ1v) is 9.03. The fourth-order valence-electron chi connectivity index (χ4n) is 2.82. The molecule has 0 fully saturated rings. The van der Waals surface area contributed by atoms with E-state index in [1.807, 2.05) is 25.3 Å². The normalized spacial score (nSPS) is 10.7. The van der Waals surface area contributed by atoms with Crippen molar-refractivity contribution in [3.05, 3.63) is 59.0 Å². The van der Waals surface area contributed by atoms with Crippen molar-refractivity contribution in [3.8, 4) is 11.3 Å². The molecule has 3 aromatic heterocycles. The summed E-state index contributed by atoms with van der Waals surface area (Å²) in [5, 5.41) is 5.20. The predicted molar refractivity (Wildman–Crippen MR) is 104 cm³/mol. The van der Waals surface area contributed by atoms with Crippen LogP contribution in [-0.4, -0.2) is 26.2 Å². The lowest BCUT2D eigenvalue weighted by Gasteiger charge is -2.05. The zero-order valence-corrected chi connectivity index (χ0v) is 15.7. The molecule has 0 radical (unpaired) electrons. The molecule has 0 spiro atoms. The molecule has 0 saturated heterocycles. The highest BCUT2D eigenvalue weighted by Gasteiger charge is 2.16. The number of aromatic amines is 1. The van der Waals surface area contributed by atoms with Crippen LogP contribution >= 0.6 is 11.3 Å². The summed E-state index contributed by atoms with van der Waals surface area (Å²) in [6.07, 6.45) is 3.39. The van der Waals surface area contributed by atoms with Gasteiger partial charge in [-0.25, -0.2) is 4.98 Å². The Morgan fingerprint density at radius 1 is 1.38 bits per heavy atom. The van der Waals surface area contributed by atoms with Gasteiger partial charge in [0.15, 0.2) is 10.9 Å². The Bertz CT molecular complexity index is 993. The van der Waals surface area contributed by atoms with E-state index in [0.717, 1.165) is 29.2 Å². The molecule has 3 heterocycles. The van der Waals surface area contributed by atoms with Crippen molar-refractivity contribution in [2.24, 2.45) is 0 Å². The van der Waals surface area contributed by atoms with Crippen molar-refractivity contribution >= 4 is 28.2 Å². The van der Waals surface area contributed by atoms with Gasteiger partial charge in [0.2, 0.25) is 0 Å². The Balaban J connectivity index is 1.79. The highest BCUT2D eigenvalue weighted by molar-refractivity contribution is 7.14. The summed E-state index contributed by atoms with van der Waals surface area (Å²) in [6, 6.07) is 3.62. The Labute approximate surface area is 155 Å². The summed E-state index contributed by atoms with van der Waals surface area (Å²) >= 11 is 1.36. The van der Waals surface area contributed by atoms with Crippen LogP contribution in [0.2, 0.25) is 0 Å². The number of aryl methyl sites for hydroxylation is 1.